The third-order valence-electron chi connectivity index (χ3n) is 2.58. The Balaban J connectivity index is 2.13. The molecule has 2 aromatic rings. The topological polar surface area (TPSA) is 79.5 Å². The maximum Gasteiger partial charge on any atom is 0.332 e. The SMILES string of the molecule is N#C/C(=N\OS(=O)(=O)Cc1ccccc1)c1ccccc1. The Labute approximate surface area is 123 Å². The molecule has 2 aromatic carbocycles. The monoisotopic (exact) mass is 300 g/mol. The molecule has 0 saturated heterocycles. The Bertz CT molecular complexity index is 764. The Morgan fingerprint density at radius 1 is 1.05 bits per heavy atom. The first kappa shape index (κ1) is 14.8. The van der Waals surface area contributed by atoms with Crippen molar-refractivity contribution < 1.29 is 12.7 Å². The molecular weight excluding hydrogens is 288 g/mol. The molecule has 106 valence electrons. The quantitative estimate of drug-likeness (QED) is 0.627. The molecule has 0 heterocycles. The van der Waals surface area contributed by atoms with Gasteiger partial charge in [0, 0.05) is 5.56 Å². The second-order valence-corrected chi connectivity index (χ2v) is 5.73. The number of hydrogen-bond donors (Lipinski definition) is 0. The highest BCUT2D eigenvalue weighted by atomic mass is 32.2. The van der Waals surface area contributed by atoms with Crippen LogP contribution >= 0.6 is 0 Å². The first-order chi connectivity index (χ1) is 10.1. The number of hydrogen-bond acceptors (Lipinski definition) is 5. The molecule has 0 amide bonds. The van der Waals surface area contributed by atoms with Gasteiger partial charge < -0.3 is 0 Å². The minimum absolute atomic E-state index is 0.0905. The normalized spacial score (nSPS) is 11.7. The lowest BCUT2D eigenvalue weighted by Crippen LogP contribution is -2.08. The van der Waals surface area contributed by atoms with E-state index in [4.69, 9.17) is 5.26 Å². The number of benzene rings is 2. The third kappa shape index (κ3) is 4.44. The molecule has 0 aliphatic heterocycles. The van der Waals surface area contributed by atoms with Crippen molar-refractivity contribution in [2.45, 2.75) is 5.75 Å². The van der Waals surface area contributed by atoms with Gasteiger partial charge in [-0.3, -0.25) is 4.28 Å². The Kier molecular flexibility index (Phi) is 4.69. The minimum Gasteiger partial charge on any atom is -0.267 e. The van der Waals surface area contributed by atoms with E-state index >= 15 is 0 Å². The molecule has 0 bridgehead atoms. The van der Waals surface area contributed by atoms with Crippen molar-refractivity contribution in [1.82, 2.24) is 0 Å². The van der Waals surface area contributed by atoms with Crippen molar-refractivity contribution in [2.75, 3.05) is 0 Å². The fourth-order valence-corrected chi connectivity index (χ4v) is 2.47. The van der Waals surface area contributed by atoms with Crippen LogP contribution in [0.3, 0.4) is 0 Å². The summed E-state index contributed by atoms with van der Waals surface area (Å²) in [6, 6.07) is 18.9. The summed E-state index contributed by atoms with van der Waals surface area (Å²) in [5.74, 6) is -0.301. The molecule has 0 radical (unpaired) electrons. The van der Waals surface area contributed by atoms with Gasteiger partial charge in [0.2, 0.25) is 0 Å². The van der Waals surface area contributed by atoms with Crippen molar-refractivity contribution in [2.24, 2.45) is 5.16 Å². The van der Waals surface area contributed by atoms with E-state index < -0.39 is 10.1 Å². The summed E-state index contributed by atoms with van der Waals surface area (Å²) < 4.78 is 28.2. The number of oxime groups is 1. The Hall–Kier alpha value is -2.65. The summed E-state index contributed by atoms with van der Waals surface area (Å²) in [6.07, 6.45) is 0. The predicted octanol–water partition coefficient (Wildman–Crippen LogP) is 2.46. The average molecular weight is 300 g/mol. The molecule has 6 heteroatoms. The molecule has 0 fully saturated rings. The first-order valence-electron chi connectivity index (χ1n) is 6.09. The molecule has 0 atom stereocenters. The van der Waals surface area contributed by atoms with E-state index in [0.29, 0.717) is 11.1 Å². The van der Waals surface area contributed by atoms with Gasteiger partial charge in [0.05, 0.1) is 0 Å². The van der Waals surface area contributed by atoms with Crippen molar-refractivity contribution in [1.29, 1.82) is 5.26 Å². The zero-order valence-corrected chi connectivity index (χ0v) is 11.8. The van der Waals surface area contributed by atoms with E-state index in [9.17, 15) is 8.42 Å². The van der Waals surface area contributed by atoms with Crippen LogP contribution in [0.4, 0.5) is 0 Å². The molecule has 0 aliphatic carbocycles. The van der Waals surface area contributed by atoms with Crippen LogP contribution in [-0.2, 0) is 20.2 Å². The van der Waals surface area contributed by atoms with Crippen LogP contribution < -0.4 is 0 Å². The van der Waals surface area contributed by atoms with Crippen LogP contribution in [-0.4, -0.2) is 14.1 Å². The van der Waals surface area contributed by atoms with E-state index in [1.165, 1.54) is 0 Å². The van der Waals surface area contributed by atoms with Crippen LogP contribution in [0.25, 0.3) is 0 Å². The van der Waals surface area contributed by atoms with Gasteiger partial charge >= 0.3 is 10.1 Å². The number of nitriles is 1. The summed E-state index contributed by atoms with van der Waals surface area (Å²) >= 11 is 0. The van der Waals surface area contributed by atoms with Gasteiger partial charge in [-0.1, -0.05) is 65.8 Å². The molecule has 0 spiro atoms. The van der Waals surface area contributed by atoms with Gasteiger partial charge in [-0.05, 0) is 5.56 Å². The van der Waals surface area contributed by atoms with Crippen LogP contribution in [0.2, 0.25) is 0 Å². The molecule has 0 aromatic heterocycles. The van der Waals surface area contributed by atoms with Crippen LogP contribution in [0.15, 0.2) is 65.8 Å². The minimum atomic E-state index is -3.89. The van der Waals surface area contributed by atoms with Crippen molar-refractivity contribution in [3.05, 3.63) is 71.8 Å². The molecule has 0 aliphatic rings. The summed E-state index contributed by atoms with van der Waals surface area (Å²) in [4.78, 5) is 0. The van der Waals surface area contributed by atoms with Gasteiger partial charge in [0.1, 0.15) is 11.8 Å². The van der Waals surface area contributed by atoms with E-state index in [-0.39, 0.29) is 11.5 Å². The van der Waals surface area contributed by atoms with E-state index in [1.54, 1.807) is 60.7 Å². The lowest BCUT2D eigenvalue weighted by atomic mass is 10.1. The summed E-state index contributed by atoms with van der Waals surface area (Å²) in [6.45, 7) is 0. The van der Waals surface area contributed by atoms with E-state index in [2.05, 4.69) is 9.44 Å². The summed E-state index contributed by atoms with van der Waals surface area (Å²) in [5, 5.41) is 12.5. The van der Waals surface area contributed by atoms with Gasteiger partial charge in [-0.2, -0.15) is 13.7 Å². The molecule has 5 nitrogen and oxygen atoms in total. The zero-order chi connectivity index (χ0) is 15.1. The maximum atomic E-state index is 11.8. The molecule has 2 rings (SSSR count). The Morgan fingerprint density at radius 3 is 2.19 bits per heavy atom. The van der Waals surface area contributed by atoms with Gasteiger partial charge in [0.15, 0.2) is 5.71 Å². The maximum absolute atomic E-state index is 11.8. The molecule has 21 heavy (non-hydrogen) atoms. The first-order valence-corrected chi connectivity index (χ1v) is 7.67. The summed E-state index contributed by atoms with van der Waals surface area (Å²) in [5.41, 5.74) is 0.994. The lowest BCUT2D eigenvalue weighted by Gasteiger charge is -2.02. The van der Waals surface area contributed by atoms with E-state index in [1.807, 2.05) is 6.07 Å². The Morgan fingerprint density at radius 2 is 1.62 bits per heavy atom. The van der Waals surface area contributed by atoms with Crippen molar-refractivity contribution >= 4 is 15.8 Å². The predicted molar refractivity (Wildman–Crippen MR) is 78.7 cm³/mol. The van der Waals surface area contributed by atoms with Crippen LogP contribution in [0.5, 0.6) is 0 Å². The fourth-order valence-electron chi connectivity index (χ4n) is 1.63. The number of nitrogens with zero attached hydrogens (tertiary/aromatic N) is 2. The smallest absolute Gasteiger partial charge is 0.267 e. The van der Waals surface area contributed by atoms with Gasteiger partial charge in [-0.15, -0.1) is 0 Å². The van der Waals surface area contributed by atoms with Gasteiger partial charge in [0.25, 0.3) is 0 Å². The highest BCUT2D eigenvalue weighted by Crippen LogP contribution is 2.09. The highest BCUT2D eigenvalue weighted by molar-refractivity contribution is 7.85. The molecule has 0 saturated carbocycles. The molecule has 0 N–H and O–H groups in total. The largest absolute Gasteiger partial charge is 0.332 e. The molecule has 0 unspecified atom stereocenters. The standard InChI is InChI=1S/C15H12N2O3S/c16-11-15(14-9-5-2-6-10-14)17-20-21(18,19)12-13-7-3-1-4-8-13/h1-10H,12H2/b17-15+. The van der Waals surface area contributed by atoms with Crippen LogP contribution in [0, 0.1) is 11.3 Å². The highest BCUT2D eigenvalue weighted by Gasteiger charge is 2.14. The van der Waals surface area contributed by atoms with Crippen molar-refractivity contribution in [3.63, 3.8) is 0 Å². The zero-order valence-electron chi connectivity index (χ0n) is 11.0. The second kappa shape index (κ2) is 6.68. The van der Waals surface area contributed by atoms with Gasteiger partial charge in [-0.25, -0.2) is 0 Å². The average Bonchev–Trinajstić information content (AvgIpc) is 2.49. The third-order valence-corrected chi connectivity index (χ3v) is 3.57. The van der Waals surface area contributed by atoms with Crippen molar-refractivity contribution in [3.8, 4) is 6.07 Å². The van der Waals surface area contributed by atoms with Crippen LogP contribution in [0.1, 0.15) is 11.1 Å². The second-order valence-electron chi connectivity index (χ2n) is 4.18. The molecular formula is C15H12N2O3S. The lowest BCUT2D eigenvalue weighted by molar-refractivity contribution is 0.339. The summed E-state index contributed by atoms with van der Waals surface area (Å²) in [7, 11) is -3.89. The number of rotatable bonds is 5. The fraction of sp³-hybridized carbons (Fsp3) is 0.0667. The van der Waals surface area contributed by atoms with E-state index in [0.717, 1.165) is 0 Å².